The van der Waals surface area contributed by atoms with Crippen molar-refractivity contribution in [1.82, 2.24) is 0 Å². The van der Waals surface area contributed by atoms with E-state index in [2.05, 4.69) is 30.2 Å². The molecule has 0 bridgehead atoms. The molecule has 0 spiro atoms. The predicted octanol–water partition coefficient (Wildman–Crippen LogP) is 9.48. The van der Waals surface area contributed by atoms with Gasteiger partial charge in [0.1, 0.15) is 5.60 Å². The summed E-state index contributed by atoms with van der Waals surface area (Å²) in [6.45, 7) is 27.2. The van der Waals surface area contributed by atoms with Crippen LogP contribution in [0.4, 0.5) is 0 Å². The quantitative estimate of drug-likeness (QED) is 0.0802. The fourth-order valence-corrected chi connectivity index (χ4v) is 2.16. The van der Waals surface area contributed by atoms with Gasteiger partial charge in [-0.15, -0.1) is 0 Å². The number of benzene rings is 2. The van der Waals surface area contributed by atoms with E-state index in [4.69, 9.17) is 35.7 Å². The summed E-state index contributed by atoms with van der Waals surface area (Å²) in [5.41, 5.74) is 1.81. The summed E-state index contributed by atoms with van der Waals surface area (Å²) in [7, 11) is 1.71. The predicted molar refractivity (Wildman–Crippen MR) is 204 cm³/mol. The first-order valence-electron chi connectivity index (χ1n) is 16.5. The van der Waals surface area contributed by atoms with Crippen molar-refractivity contribution in [2.45, 2.75) is 120 Å². The van der Waals surface area contributed by atoms with Crippen LogP contribution in [0.15, 0.2) is 66.7 Å². The van der Waals surface area contributed by atoms with Crippen molar-refractivity contribution < 1.29 is 64.6 Å². The lowest BCUT2D eigenvalue weighted by molar-refractivity contribution is -0.318. The van der Waals surface area contributed by atoms with Gasteiger partial charge in [0.25, 0.3) is 0 Å². The standard InChI is InChI=1S/2C9H12O2.C5H10O2.C5H12O.C4H8O2.C4H6O2.C3H6O2/c1-7(2)8-3-5-9(11-10)6-4-8;1-9(2,11-10)8-6-4-3-5-7-8;1-4(2)3-5(6)7;1-5(2,3)6-4;2*1-3(2)4(5)6;1-2-3(4)5/h2*3-7,10H,1-2H3;4H,3H2,1-2H3,(H,6,7);1-4H3;3H,1-2H3,(H,5,6);1H2,2H3,(H,5,6);2H2,1H3,(H,4,5). The number of carbonyl (C=O) groups is 4. The molecule has 0 aliphatic rings. The number of ether oxygens (including phenoxy) is 1. The third-order valence-electron chi connectivity index (χ3n) is 5.71. The normalized spacial score (nSPS) is 9.90. The van der Waals surface area contributed by atoms with Crippen molar-refractivity contribution in [2.75, 3.05) is 7.11 Å². The van der Waals surface area contributed by atoms with Gasteiger partial charge in [0.05, 0.1) is 11.5 Å². The minimum atomic E-state index is -0.935. The zero-order valence-corrected chi connectivity index (χ0v) is 33.6. The second-order valence-electron chi connectivity index (χ2n) is 13.4. The van der Waals surface area contributed by atoms with Crippen LogP contribution in [0, 0.1) is 11.8 Å². The third kappa shape index (κ3) is 43.7. The molecule has 0 unspecified atom stereocenters. The largest absolute Gasteiger partial charge is 0.481 e. The van der Waals surface area contributed by atoms with Crippen LogP contribution in [0.2, 0.25) is 0 Å². The molecule has 13 nitrogen and oxygen atoms in total. The Morgan fingerprint density at radius 2 is 1.12 bits per heavy atom. The average molecular weight is 743 g/mol. The molecule has 6 N–H and O–H groups in total. The lowest BCUT2D eigenvalue weighted by Crippen LogP contribution is -2.19. The van der Waals surface area contributed by atoms with Crippen molar-refractivity contribution in [1.29, 1.82) is 0 Å². The van der Waals surface area contributed by atoms with Gasteiger partial charge >= 0.3 is 23.9 Å². The Morgan fingerprint density at radius 3 is 1.29 bits per heavy atom. The highest BCUT2D eigenvalue weighted by molar-refractivity contribution is 5.84. The Kier molecular flexibility index (Phi) is 35.8. The van der Waals surface area contributed by atoms with Crippen LogP contribution in [0.1, 0.15) is 120 Å². The molecular formula is C39H66O13. The molecule has 0 amide bonds. The zero-order valence-electron chi connectivity index (χ0n) is 33.6. The van der Waals surface area contributed by atoms with E-state index in [-0.39, 0.29) is 35.9 Å². The highest BCUT2D eigenvalue weighted by Gasteiger charge is 2.20. The van der Waals surface area contributed by atoms with E-state index >= 15 is 0 Å². The Labute approximate surface area is 310 Å². The van der Waals surface area contributed by atoms with Gasteiger partial charge in [0.15, 0.2) is 5.75 Å². The second kappa shape index (κ2) is 32.6. The fourth-order valence-electron chi connectivity index (χ4n) is 2.16. The Hall–Kier alpha value is -4.30. The van der Waals surface area contributed by atoms with Crippen LogP contribution >= 0.6 is 0 Å². The van der Waals surface area contributed by atoms with Crippen molar-refractivity contribution in [3.05, 3.63) is 77.9 Å². The molecule has 2 aromatic carbocycles. The molecule has 52 heavy (non-hydrogen) atoms. The van der Waals surface area contributed by atoms with Gasteiger partial charge in [-0.3, -0.25) is 19.6 Å². The summed E-state index contributed by atoms with van der Waals surface area (Å²) in [5.74, 6) is -2.09. The fraction of sp³-hybridized carbons (Fsp3) is 0.538. The minimum Gasteiger partial charge on any atom is -0.481 e. The number of carboxylic acid groups (broad SMARTS) is 4. The van der Waals surface area contributed by atoms with Crippen molar-refractivity contribution in [3.8, 4) is 5.75 Å². The van der Waals surface area contributed by atoms with Crippen LogP contribution in [0.3, 0.4) is 0 Å². The first kappa shape index (κ1) is 57.1. The molecule has 300 valence electrons. The monoisotopic (exact) mass is 742 g/mol. The van der Waals surface area contributed by atoms with Crippen molar-refractivity contribution >= 4 is 23.9 Å². The molecule has 2 rings (SSSR count). The SMILES string of the molecule is C=C(C)C(=O)O.CC(C)(OO)c1ccccc1.CC(C)C(=O)O.CC(C)CC(=O)O.CC(C)c1ccc(OO)cc1.CCC(=O)O.COC(C)(C)C. The van der Waals surface area contributed by atoms with E-state index in [1.165, 1.54) is 12.5 Å². The molecule has 2 aromatic rings. The van der Waals surface area contributed by atoms with E-state index in [0.29, 0.717) is 11.7 Å². The topological polar surface area (TPSA) is 217 Å². The summed E-state index contributed by atoms with van der Waals surface area (Å²) < 4.78 is 4.94. The average Bonchev–Trinajstić information content (AvgIpc) is 3.05. The Bertz CT molecular complexity index is 1200. The maximum absolute atomic E-state index is 9.81. The van der Waals surface area contributed by atoms with E-state index in [0.717, 1.165) is 5.56 Å². The maximum atomic E-state index is 9.81. The van der Waals surface area contributed by atoms with E-state index in [1.54, 1.807) is 40.0 Å². The first-order chi connectivity index (χ1) is 23.6. The molecular weight excluding hydrogens is 676 g/mol. The van der Waals surface area contributed by atoms with E-state index in [1.807, 2.05) is 90.9 Å². The summed E-state index contributed by atoms with van der Waals surface area (Å²) in [6.07, 6.45) is 0.500. The second-order valence-corrected chi connectivity index (χ2v) is 13.4. The maximum Gasteiger partial charge on any atom is 0.330 e. The number of carboxylic acids is 4. The molecule has 0 heterocycles. The van der Waals surface area contributed by atoms with Gasteiger partial charge in [0, 0.05) is 25.5 Å². The Balaban J connectivity index is -0.000000169. The van der Waals surface area contributed by atoms with Crippen LogP contribution in [0.25, 0.3) is 0 Å². The first-order valence-corrected chi connectivity index (χ1v) is 16.5. The van der Waals surface area contributed by atoms with Gasteiger partial charge in [-0.05, 0) is 76.6 Å². The number of hydrogen-bond acceptors (Lipinski definition) is 9. The minimum absolute atomic E-state index is 0.0417. The molecule has 0 fully saturated rings. The lowest BCUT2D eigenvalue weighted by atomic mass is 9.99. The van der Waals surface area contributed by atoms with Gasteiger partial charge in [-0.25, -0.2) is 14.9 Å². The van der Waals surface area contributed by atoms with Crippen LogP contribution in [-0.2, 0) is 34.4 Å². The van der Waals surface area contributed by atoms with Crippen molar-refractivity contribution in [2.24, 2.45) is 11.8 Å². The Morgan fingerprint density at radius 1 is 0.750 bits per heavy atom. The number of methoxy groups -OCH3 is 1. The van der Waals surface area contributed by atoms with Gasteiger partial charge < -0.3 is 30.1 Å². The smallest absolute Gasteiger partial charge is 0.330 e. The van der Waals surface area contributed by atoms with Crippen LogP contribution in [-0.4, -0.2) is 67.5 Å². The van der Waals surface area contributed by atoms with Crippen LogP contribution < -0.4 is 4.89 Å². The zero-order chi connectivity index (χ0) is 42.3. The molecule has 13 heteroatoms. The summed E-state index contributed by atoms with van der Waals surface area (Å²) >= 11 is 0. The number of rotatable bonds is 9. The highest BCUT2D eigenvalue weighted by Crippen LogP contribution is 2.22. The summed E-state index contributed by atoms with van der Waals surface area (Å²) in [5, 5.41) is 48.5. The van der Waals surface area contributed by atoms with E-state index < -0.39 is 29.5 Å². The number of aliphatic carboxylic acids is 4. The highest BCUT2D eigenvalue weighted by atomic mass is 17.1. The summed E-state index contributed by atoms with van der Waals surface area (Å²) in [6, 6.07) is 17.0. The van der Waals surface area contributed by atoms with Crippen molar-refractivity contribution in [3.63, 3.8) is 0 Å². The number of hydrogen-bond donors (Lipinski definition) is 6. The molecule has 0 aliphatic carbocycles. The van der Waals surface area contributed by atoms with Gasteiger partial charge in [-0.2, -0.15) is 0 Å². The van der Waals surface area contributed by atoms with E-state index in [9.17, 15) is 19.2 Å². The molecule has 0 saturated heterocycles. The molecule has 0 atom stereocenters. The third-order valence-corrected chi connectivity index (χ3v) is 5.71. The molecule has 0 aromatic heterocycles. The van der Waals surface area contributed by atoms with Gasteiger partial charge in [0.2, 0.25) is 0 Å². The van der Waals surface area contributed by atoms with Gasteiger partial charge in [-0.1, -0.05) is 97.5 Å². The van der Waals surface area contributed by atoms with Crippen LogP contribution in [0.5, 0.6) is 5.75 Å². The lowest BCUT2D eigenvalue weighted by Gasteiger charge is -2.20. The summed E-state index contributed by atoms with van der Waals surface area (Å²) in [4.78, 5) is 46.8. The molecule has 0 saturated carbocycles. The molecule has 0 radical (unpaired) electrons. The molecule has 0 aliphatic heterocycles.